The van der Waals surface area contributed by atoms with Gasteiger partial charge in [-0.2, -0.15) is 0 Å². The average molecular weight is 320 g/mol. The number of hydrogen-bond donors (Lipinski definition) is 0. The molecule has 0 unspecified atom stereocenters. The van der Waals surface area contributed by atoms with Gasteiger partial charge in [0.1, 0.15) is 13.1 Å². The lowest BCUT2D eigenvalue weighted by Crippen LogP contribution is -2.30. The number of carboxylic acids is 1. The van der Waals surface area contributed by atoms with E-state index in [1.807, 2.05) is 36.4 Å². The zero-order valence-corrected chi connectivity index (χ0v) is 13.8. The predicted molar refractivity (Wildman–Crippen MR) is 81.4 cm³/mol. The lowest BCUT2D eigenvalue weighted by molar-refractivity contribution is -0.693. The van der Waals surface area contributed by atoms with Crippen molar-refractivity contribution in [2.75, 3.05) is 0 Å². The van der Waals surface area contributed by atoms with Gasteiger partial charge in [0.2, 0.25) is 0 Å². The first-order chi connectivity index (χ1) is 11.0. The minimum Gasteiger partial charge on any atom is -0.554 e. The molecule has 2 aromatic heterocycles. The minimum atomic E-state index is -1.08. The first kappa shape index (κ1) is 22.5. The molecule has 0 amide bonds. The van der Waals surface area contributed by atoms with Crippen LogP contribution in [0.3, 0.4) is 0 Å². The average Bonchev–Trinajstić information content (AvgIpc) is 2.57. The van der Waals surface area contributed by atoms with Crippen LogP contribution >= 0.6 is 0 Å². The number of aliphatic carboxylic acids is 1. The van der Waals surface area contributed by atoms with Gasteiger partial charge in [-0.1, -0.05) is 12.1 Å². The van der Waals surface area contributed by atoms with Crippen molar-refractivity contribution in [3.63, 3.8) is 0 Å². The number of carbonyl (C=O) groups is 2. The third-order valence-corrected chi connectivity index (χ3v) is 2.28. The number of nitrogens with zero attached hydrogens (tertiary/aromatic N) is 2. The fourth-order valence-electron chi connectivity index (χ4n) is 1.29. The Morgan fingerprint density at radius 3 is 1.22 bits per heavy atom. The smallest absolute Gasteiger partial charge is 0.168 e. The van der Waals surface area contributed by atoms with E-state index < -0.39 is 12.4 Å². The molecule has 2 rings (SSSR count). The Labute approximate surface area is 137 Å². The maximum Gasteiger partial charge on any atom is 0.168 e. The van der Waals surface area contributed by atoms with E-state index in [1.54, 1.807) is 0 Å². The Balaban J connectivity index is 0. The van der Waals surface area contributed by atoms with Gasteiger partial charge in [-0.05, 0) is 20.8 Å². The summed E-state index contributed by atoms with van der Waals surface area (Å²) < 4.78 is 4.25. The molecule has 6 heteroatoms. The van der Waals surface area contributed by atoms with Gasteiger partial charge in [0.05, 0.1) is 0 Å². The van der Waals surface area contributed by atoms with Gasteiger partial charge >= 0.3 is 0 Å². The van der Waals surface area contributed by atoms with E-state index >= 15 is 0 Å². The molecule has 0 atom stereocenters. The molecule has 0 saturated heterocycles. The molecule has 6 nitrogen and oxygen atoms in total. The zero-order valence-electron chi connectivity index (χ0n) is 13.8. The number of pyridine rings is 2. The van der Waals surface area contributed by atoms with Gasteiger partial charge in [-0.25, -0.2) is 9.13 Å². The van der Waals surface area contributed by atoms with Gasteiger partial charge in [-0.3, -0.25) is 0 Å². The Bertz CT molecular complexity index is 461. The minimum absolute atomic E-state index is 0.500. The van der Waals surface area contributed by atoms with E-state index in [-0.39, 0.29) is 0 Å². The number of aryl methyl sites for hydroxylation is 2. The van der Waals surface area contributed by atoms with Crippen molar-refractivity contribution in [1.29, 1.82) is 0 Å². The highest BCUT2D eigenvalue weighted by atomic mass is 16.4. The van der Waals surface area contributed by atoms with Crippen LogP contribution in [0, 0.1) is 0 Å². The topological polar surface area (TPSA) is 88.0 Å². The van der Waals surface area contributed by atoms with Crippen molar-refractivity contribution < 1.29 is 28.9 Å². The summed E-state index contributed by atoms with van der Waals surface area (Å²) in [7, 11) is 0. The second kappa shape index (κ2) is 17.3. The second-order valence-electron chi connectivity index (χ2n) is 4.00. The number of carboxylic acid groups (broad SMARTS) is 2. The summed E-state index contributed by atoms with van der Waals surface area (Å²) in [6.45, 7) is 6.84. The summed E-state index contributed by atoms with van der Waals surface area (Å²) in [6, 6.07) is 12.2. The first-order valence-corrected chi connectivity index (χ1v) is 7.13. The molecule has 2 aromatic rings. The molecule has 0 fully saturated rings. The highest BCUT2D eigenvalue weighted by molar-refractivity contribution is 5.60. The molecule has 0 saturated carbocycles. The molecule has 0 aliphatic heterocycles. The van der Waals surface area contributed by atoms with Gasteiger partial charge in [0.15, 0.2) is 24.8 Å². The van der Waals surface area contributed by atoms with E-state index in [1.165, 1.54) is 0 Å². The number of carbonyl (C=O) groups excluding carboxylic acids is 2. The van der Waals surface area contributed by atoms with Crippen molar-refractivity contribution in [3.8, 4) is 0 Å². The third kappa shape index (κ3) is 19.2. The normalized spacial score (nSPS) is 7.96. The van der Waals surface area contributed by atoms with Crippen molar-refractivity contribution >= 4 is 12.4 Å². The highest BCUT2D eigenvalue weighted by Gasteiger charge is 1.87. The molecule has 23 heavy (non-hydrogen) atoms. The molecule has 0 aliphatic carbocycles. The monoisotopic (exact) mass is 320 g/mol. The van der Waals surface area contributed by atoms with Crippen LogP contribution in [-0.2, 0) is 22.7 Å². The molecule has 0 aliphatic rings. The molecule has 0 aromatic carbocycles. The summed E-state index contributed by atoms with van der Waals surface area (Å²) in [6.07, 6.45) is 8.22. The van der Waals surface area contributed by atoms with Gasteiger partial charge in [0.25, 0.3) is 0 Å². The van der Waals surface area contributed by atoms with Crippen LogP contribution in [0.15, 0.2) is 61.2 Å². The van der Waals surface area contributed by atoms with Crippen molar-refractivity contribution in [2.24, 2.45) is 0 Å². The third-order valence-electron chi connectivity index (χ3n) is 2.28. The summed E-state index contributed by atoms with van der Waals surface area (Å²) in [5.74, 6) is -1.08. The fourth-order valence-corrected chi connectivity index (χ4v) is 1.29. The number of aromatic nitrogens is 2. The maximum absolute atomic E-state index is 8.89. The van der Waals surface area contributed by atoms with Crippen LogP contribution in [0.4, 0.5) is 0 Å². The Morgan fingerprint density at radius 2 is 1.09 bits per heavy atom. The Kier molecular flexibility index (Phi) is 16.9. The van der Waals surface area contributed by atoms with Gasteiger partial charge in [-0.15, -0.1) is 0 Å². The number of hydrogen-bond acceptors (Lipinski definition) is 4. The summed E-state index contributed by atoms with van der Waals surface area (Å²) in [5, 5.41) is 17.1. The molecule has 0 radical (unpaired) electrons. The van der Waals surface area contributed by atoms with E-state index in [4.69, 9.17) is 19.8 Å². The quantitative estimate of drug-likeness (QED) is 0.530. The summed E-state index contributed by atoms with van der Waals surface area (Å²) >= 11 is 0. The second-order valence-corrected chi connectivity index (χ2v) is 4.00. The van der Waals surface area contributed by atoms with E-state index in [9.17, 15) is 0 Å². The predicted octanol–water partition coefficient (Wildman–Crippen LogP) is -0.890. The largest absolute Gasteiger partial charge is 0.554 e. The molecule has 0 spiro atoms. The van der Waals surface area contributed by atoms with Crippen LogP contribution in [0.2, 0.25) is 0 Å². The van der Waals surface area contributed by atoms with Crippen LogP contribution in [0.25, 0.3) is 0 Å². The molecule has 2 heterocycles. The van der Waals surface area contributed by atoms with Crippen LogP contribution in [-0.4, -0.2) is 12.4 Å². The lowest BCUT2D eigenvalue weighted by Gasteiger charge is -1.84. The van der Waals surface area contributed by atoms with Crippen LogP contribution in [0.5, 0.6) is 0 Å². The highest BCUT2D eigenvalue weighted by Crippen LogP contribution is 1.75. The molecular formula is C17H24N2O4. The molecule has 0 bridgehead atoms. The van der Waals surface area contributed by atoms with Crippen molar-refractivity contribution in [2.45, 2.75) is 33.9 Å². The Hall–Kier alpha value is -2.76. The zero-order chi connectivity index (χ0) is 17.9. The van der Waals surface area contributed by atoms with Crippen molar-refractivity contribution in [1.82, 2.24) is 0 Å². The summed E-state index contributed by atoms with van der Waals surface area (Å²) in [5.41, 5.74) is 0. The summed E-state index contributed by atoms with van der Waals surface area (Å²) in [4.78, 5) is 17.1. The SMILES string of the molecule is CC(=O)[O-].CC[n+]1ccccc1.CC[n+]1ccccc1.O=C[O-]. The standard InChI is InChI=1S/2C7H10N.C2H4O2.CH2O2/c2*1-2-8-6-4-3-5-7-8;1-2(3)4;2-1-3/h2*3-7H,2H2,1H3;1H3,(H,3,4);1H,(H,2,3)/q2*+1;;/p-2. The lowest BCUT2D eigenvalue weighted by atomic mass is 10.5. The Morgan fingerprint density at radius 1 is 0.870 bits per heavy atom. The van der Waals surface area contributed by atoms with Crippen LogP contribution < -0.4 is 19.3 Å². The van der Waals surface area contributed by atoms with Crippen molar-refractivity contribution in [3.05, 3.63) is 61.2 Å². The molecule has 126 valence electrons. The van der Waals surface area contributed by atoms with Gasteiger partial charge in [0, 0.05) is 36.7 Å². The van der Waals surface area contributed by atoms with Gasteiger partial charge < -0.3 is 19.8 Å². The first-order valence-electron chi connectivity index (χ1n) is 7.13. The van der Waals surface area contributed by atoms with E-state index in [0.29, 0.717) is 0 Å². The fraction of sp³-hybridized carbons (Fsp3) is 0.294. The van der Waals surface area contributed by atoms with E-state index in [0.717, 1.165) is 20.0 Å². The molecular weight excluding hydrogens is 296 g/mol. The van der Waals surface area contributed by atoms with Crippen LogP contribution in [0.1, 0.15) is 20.8 Å². The maximum atomic E-state index is 8.89. The molecule has 0 N–H and O–H groups in total. The van der Waals surface area contributed by atoms with E-state index in [2.05, 4.69) is 47.8 Å². The number of rotatable bonds is 2.